The maximum absolute atomic E-state index is 11.7. The minimum absolute atomic E-state index is 0.309. The fourth-order valence-electron chi connectivity index (χ4n) is 2.52. The summed E-state index contributed by atoms with van der Waals surface area (Å²) < 4.78 is 4.77. The Balaban J connectivity index is 3.06. The molecule has 0 bridgehead atoms. The number of aliphatic carboxylic acids is 1. The molecule has 1 fully saturated rings. The fraction of sp³-hybridized carbons (Fsp3) is 0.818. The monoisotopic (exact) mass is 214 g/mol. The van der Waals surface area contributed by atoms with Gasteiger partial charge in [-0.3, -0.25) is 9.59 Å². The van der Waals surface area contributed by atoms with Crippen LogP contribution in [-0.2, 0) is 14.3 Å². The fourth-order valence-corrected chi connectivity index (χ4v) is 2.52. The standard InChI is InChI=1S/C11H18O4/c1-10(2)7(8(12)13)5-6-11(10,3)9(14)15-4/h7H,5-6H2,1-4H3,(H,12,13)/t7-,11-/m0/s1. The van der Waals surface area contributed by atoms with Crippen LogP contribution in [-0.4, -0.2) is 24.2 Å². The summed E-state index contributed by atoms with van der Waals surface area (Å²) in [4.78, 5) is 22.8. The van der Waals surface area contributed by atoms with Crippen molar-refractivity contribution in [3.05, 3.63) is 0 Å². The molecule has 1 aliphatic rings. The van der Waals surface area contributed by atoms with Crippen LogP contribution in [0.2, 0.25) is 0 Å². The summed E-state index contributed by atoms with van der Waals surface area (Å²) in [5.41, 5.74) is -1.25. The Labute approximate surface area is 89.6 Å². The van der Waals surface area contributed by atoms with Crippen molar-refractivity contribution in [1.82, 2.24) is 0 Å². The molecule has 0 aliphatic heterocycles. The smallest absolute Gasteiger partial charge is 0.312 e. The second-order valence-corrected chi connectivity index (χ2v) is 4.97. The summed E-state index contributed by atoms with van der Waals surface area (Å²) in [6.07, 6.45) is 1.11. The molecule has 1 N–H and O–H groups in total. The molecule has 1 aliphatic carbocycles. The Bertz CT molecular complexity index is 295. The van der Waals surface area contributed by atoms with Gasteiger partial charge >= 0.3 is 11.9 Å². The largest absolute Gasteiger partial charge is 0.481 e. The van der Waals surface area contributed by atoms with Gasteiger partial charge < -0.3 is 9.84 Å². The Morgan fingerprint density at radius 2 is 1.87 bits per heavy atom. The third-order valence-corrected chi connectivity index (χ3v) is 4.16. The van der Waals surface area contributed by atoms with Crippen molar-refractivity contribution < 1.29 is 19.4 Å². The third kappa shape index (κ3) is 1.52. The number of hydrogen-bond acceptors (Lipinski definition) is 3. The molecule has 4 heteroatoms. The van der Waals surface area contributed by atoms with Crippen molar-refractivity contribution in [2.24, 2.45) is 16.7 Å². The van der Waals surface area contributed by atoms with Gasteiger partial charge in [0.15, 0.2) is 0 Å². The maximum Gasteiger partial charge on any atom is 0.312 e. The minimum Gasteiger partial charge on any atom is -0.481 e. The van der Waals surface area contributed by atoms with Gasteiger partial charge in [0, 0.05) is 0 Å². The van der Waals surface area contributed by atoms with Crippen molar-refractivity contribution in [3.8, 4) is 0 Å². The van der Waals surface area contributed by atoms with E-state index in [0.717, 1.165) is 0 Å². The van der Waals surface area contributed by atoms with Gasteiger partial charge in [0.25, 0.3) is 0 Å². The second kappa shape index (κ2) is 3.51. The molecule has 0 unspecified atom stereocenters. The lowest BCUT2D eigenvalue weighted by Crippen LogP contribution is -2.43. The first-order valence-electron chi connectivity index (χ1n) is 5.08. The van der Waals surface area contributed by atoms with Crippen LogP contribution in [0.5, 0.6) is 0 Å². The summed E-state index contributed by atoms with van der Waals surface area (Å²) in [6, 6.07) is 0. The van der Waals surface area contributed by atoms with Gasteiger partial charge in [-0.2, -0.15) is 0 Å². The first-order chi connectivity index (χ1) is 6.77. The van der Waals surface area contributed by atoms with E-state index in [4.69, 9.17) is 9.84 Å². The lowest BCUT2D eigenvalue weighted by atomic mass is 9.66. The number of esters is 1. The zero-order chi connectivity index (χ0) is 11.9. The molecule has 0 spiro atoms. The molecule has 0 heterocycles. The van der Waals surface area contributed by atoms with Gasteiger partial charge in [0.2, 0.25) is 0 Å². The molecule has 0 aromatic rings. The minimum atomic E-state index is -0.826. The summed E-state index contributed by atoms with van der Waals surface area (Å²) >= 11 is 0. The number of methoxy groups -OCH3 is 1. The highest BCUT2D eigenvalue weighted by molar-refractivity contribution is 5.81. The average Bonchev–Trinajstić information content (AvgIpc) is 2.38. The van der Waals surface area contributed by atoms with Crippen LogP contribution in [0.1, 0.15) is 33.6 Å². The molecule has 0 saturated heterocycles. The summed E-state index contributed by atoms with van der Waals surface area (Å²) in [5, 5.41) is 9.08. The molecule has 4 nitrogen and oxygen atoms in total. The molecule has 15 heavy (non-hydrogen) atoms. The van der Waals surface area contributed by atoms with Crippen LogP contribution in [0, 0.1) is 16.7 Å². The molecule has 0 radical (unpaired) electrons. The molecule has 86 valence electrons. The number of rotatable bonds is 2. The lowest BCUT2D eigenvalue weighted by molar-refractivity contribution is -0.160. The van der Waals surface area contributed by atoms with Crippen molar-refractivity contribution in [1.29, 1.82) is 0 Å². The van der Waals surface area contributed by atoms with Crippen LogP contribution in [0.3, 0.4) is 0 Å². The Morgan fingerprint density at radius 1 is 1.33 bits per heavy atom. The number of carbonyl (C=O) groups is 2. The van der Waals surface area contributed by atoms with Crippen molar-refractivity contribution in [3.63, 3.8) is 0 Å². The molecule has 0 aromatic carbocycles. The van der Waals surface area contributed by atoms with E-state index in [1.54, 1.807) is 6.92 Å². The first-order valence-corrected chi connectivity index (χ1v) is 5.08. The van der Waals surface area contributed by atoms with Gasteiger partial charge in [-0.1, -0.05) is 13.8 Å². The van der Waals surface area contributed by atoms with E-state index in [2.05, 4.69) is 0 Å². The molecular formula is C11H18O4. The molecule has 2 atom stereocenters. The molecular weight excluding hydrogens is 196 g/mol. The highest BCUT2D eigenvalue weighted by atomic mass is 16.5. The number of carboxylic acid groups (broad SMARTS) is 1. The van der Waals surface area contributed by atoms with Gasteiger partial charge in [0.05, 0.1) is 18.4 Å². The zero-order valence-corrected chi connectivity index (χ0v) is 9.66. The zero-order valence-electron chi connectivity index (χ0n) is 9.66. The molecule has 0 amide bonds. The molecule has 1 saturated carbocycles. The predicted molar refractivity (Wildman–Crippen MR) is 54.3 cm³/mol. The summed E-state index contributed by atoms with van der Waals surface area (Å²) in [5.74, 6) is -1.61. The maximum atomic E-state index is 11.7. The van der Waals surface area contributed by atoms with Crippen molar-refractivity contribution in [2.75, 3.05) is 7.11 Å². The predicted octanol–water partition coefficient (Wildman–Crippen LogP) is 1.69. The number of ether oxygens (including phenoxy) is 1. The Morgan fingerprint density at radius 3 is 2.20 bits per heavy atom. The van der Waals surface area contributed by atoms with Gasteiger partial charge in [-0.25, -0.2) is 0 Å². The van der Waals surface area contributed by atoms with Crippen LogP contribution in [0.15, 0.2) is 0 Å². The van der Waals surface area contributed by atoms with Crippen LogP contribution >= 0.6 is 0 Å². The number of carbonyl (C=O) groups excluding carboxylic acids is 1. The van der Waals surface area contributed by atoms with E-state index in [1.165, 1.54) is 7.11 Å². The van der Waals surface area contributed by atoms with E-state index in [0.29, 0.717) is 12.8 Å². The average molecular weight is 214 g/mol. The van der Waals surface area contributed by atoms with Crippen LogP contribution < -0.4 is 0 Å². The van der Waals surface area contributed by atoms with E-state index in [-0.39, 0.29) is 5.97 Å². The number of hydrogen-bond donors (Lipinski definition) is 1. The Kier molecular flexibility index (Phi) is 2.81. The molecule has 1 rings (SSSR count). The highest BCUT2D eigenvalue weighted by Crippen LogP contribution is 2.56. The van der Waals surface area contributed by atoms with Gasteiger partial charge in [-0.15, -0.1) is 0 Å². The van der Waals surface area contributed by atoms with Gasteiger partial charge in [0.1, 0.15) is 0 Å². The quantitative estimate of drug-likeness (QED) is 0.710. The lowest BCUT2D eigenvalue weighted by Gasteiger charge is -2.37. The van der Waals surface area contributed by atoms with Crippen LogP contribution in [0.25, 0.3) is 0 Å². The van der Waals surface area contributed by atoms with Gasteiger partial charge in [-0.05, 0) is 25.2 Å². The van der Waals surface area contributed by atoms with E-state index in [1.807, 2.05) is 13.8 Å². The highest BCUT2D eigenvalue weighted by Gasteiger charge is 2.58. The number of carboxylic acids is 1. The van der Waals surface area contributed by atoms with E-state index >= 15 is 0 Å². The van der Waals surface area contributed by atoms with Crippen LogP contribution in [0.4, 0.5) is 0 Å². The van der Waals surface area contributed by atoms with Crippen molar-refractivity contribution in [2.45, 2.75) is 33.6 Å². The normalized spacial score (nSPS) is 33.7. The van der Waals surface area contributed by atoms with E-state index in [9.17, 15) is 9.59 Å². The summed E-state index contributed by atoms with van der Waals surface area (Å²) in [6.45, 7) is 5.45. The van der Waals surface area contributed by atoms with Crippen molar-refractivity contribution >= 4 is 11.9 Å². The topological polar surface area (TPSA) is 63.6 Å². The molecule has 0 aromatic heterocycles. The second-order valence-electron chi connectivity index (χ2n) is 4.97. The Hall–Kier alpha value is -1.06. The summed E-state index contributed by atoms with van der Waals surface area (Å²) in [7, 11) is 1.34. The first kappa shape index (κ1) is 12.0. The third-order valence-electron chi connectivity index (χ3n) is 4.16. The SMILES string of the molecule is COC(=O)[C@]1(C)CC[C@@H](C(=O)O)C1(C)C. The van der Waals surface area contributed by atoms with E-state index < -0.39 is 22.7 Å².